The molecule has 0 aromatic heterocycles. The molecule has 0 aromatic carbocycles. The summed E-state index contributed by atoms with van der Waals surface area (Å²) >= 11 is 0. The molecule has 0 radical (unpaired) electrons. The van der Waals surface area contributed by atoms with Crippen molar-refractivity contribution in [2.75, 3.05) is 0 Å². The zero-order valence-corrected chi connectivity index (χ0v) is 9.57. The molecule has 82 valence electrons. The number of hydrogen-bond acceptors (Lipinski definition) is 3. The lowest BCUT2D eigenvalue weighted by molar-refractivity contribution is -0.137. The number of allylic oxidation sites excluding steroid dienone is 1. The van der Waals surface area contributed by atoms with Crippen molar-refractivity contribution in [3.63, 3.8) is 0 Å². The molecule has 0 aliphatic rings. The van der Waals surface area contributed by atoms with Gasteiger partial charge in [-0.3, -0.25) is 4.79 Å². The van der Waals surface area contributed by atoms with Gasteiger partial charge in [-0.15, -0.1) is 0 Å². The van der Waals surface area contributed by atoms with Crippen molar-refractivity contribution in [3.05, 3.63) is 11.8 Å². The van der Waals surface area contributed by atoms with Gasteiger partial charge in [0.1, 0.15) is 5.76 Å². The molecule has 0 fully saturated rings. The first-order valence-electron chi connectivity index (χ1n) is 4.92. The lowest BCUT2D eigenvalue weighted by Crippen LogP contribution is -2.15. The van der Waals surface area contributed by atoms with Gasteiger partial charge in [0.2, 0.25) is 0 Å². The highest BCUT2D eigenvalue weighted by atomic mass is 16.5. The molecule has 0 aliphatic heterocycles. The largest absolute Gasteiger partial charge is 0.431 e. The number of carbonyl (C=O) groups excluding carboxylic acids is 1. The Balaban J connectivity index is 4.55. The Morgan fingerprint density at radius 3 is 2.07 bits per heavy atom. The maximum atomic E-state index is 10.8. The first-order chi connectivity index (χ1) is 6.34. The summed E-state index contributed by atoms with van der Waals surface area (Å²) in [6.45, 7) is 9.02. The van der Waals surface area contributed by atoms with Crippen LogP contribution < -0.4 is 0 Å². The van der Waals surface area contributed by atoms with Gasteiger partial charge in [0.05, 0.1) is 6.10 Å². The van der Waals surface area contributed by atoms with Crippen molar-refractivity contribution in [1.82, 2.24) is 0 Å². The fraction of sp³-hybridized carbons (Fsp3) is 0.727. The van der Waals surface area contributed by atoms with Crippen molar-refractivity contribution in [2.45, 2.75) is 40.7 Å². The molecule has 0 saturated heterocycles. The first-order valence-corrected chi connectivity index (χ1v) is 4.92. The summed E-state index contributed by atoms with van der Waals surface area (Å²) in [6.07, 6.45) is 1.04. The molecule has 0 rings (SSSR count). The van der Waals surface area contributed by atoms with Gasteiger partial charge in [0.25, 0.3) is 0 Å². The molecule has 0 saturated carbocycles. The van der Waals surface area contributed by atoms with Crippen LogP contribution in [0.15, 0.2) is 11.8 Å². The normalized spacial score (nSPS) is 14.7. The summed E-state index contributed by atoms with van der Waals surface area (Å²) in [7, 11) is 0. The third kappa shape index (κ3) is 5.02. The summed E-state index contributed by atoms with van der Waals surface area (Å²) in [4.78, 5) is 10.8. The monoisotopic (exact) mass is 200 g/mol. The molecule has 1 N–H and O–H groups in total. The van der Waals surface area contributed by atoms with Crippen LogP contribution in [-0.2, 0) is 9.53 Å². The fourth-order valence-electron chi connectivity index (χ4n) is 0.871. The third-order valence-corrected chi connectivity index (χ3v) is 1.85. The molecule has 1 unspecified atom stereocenters. The van der Waals surface area contributed by atoms with E-state index in [2.05, 4.69) is 0 Å². The smallest absolute Gasteiger partial charge is 0.307 e. The molecule has 0 amide bonds. The van der Waals surface area contributed by atoms with E-state index in [4.69, 9.17) is 4.74 Å². The lowest BCUT2D eigenvalue weighted by Gasteiger charge is -2.15. The number of aliphatic hydroxyl groups is 1. The maximum Gasteiger partial charge on any atom is 0.307 e. The molecule has 0 aromatic rings. The van der Waals surface area contributed by atoms with Gasteiger partial charge >= 0.3 is 5.97 Å². The Labute approximate surface area is 85.8 Å². The van der Waals surface area contributed by atoms with Crippen LogP contribution in [0.25, 0.3) is 0 Å². The summed E-state index contributed by atoms with van der Waals surface area (Å²) in [6, 6.07) is 0. The molecule has 1 atom stereocenters. The standard InChI is InChI=1S/C11H20O3/c1-7(2)10(13)6-11(8(3)4)14-9(5)12/h6-8,10,13H,1-5H3/b11-6+. The van der Waals surface area contributed by atoms with Crippen molar-refractivity contribution in [3.8, 4) is 0 Å². The molecule has 0 aliphatic carbocycles. The van der Waals surface area contributed by atoms with E-state index < -0.39 is 6.10 Å². The number of ether oxygens (including phenoxy) is 1. The van der Waals surface area contributed by atoms with Crippen LogP contribution in [0.5, 0.6) is 0 Å². The first kappa shape index (κ1) is 13.2. The van der Waals surface area contributed by atoms with Gasteiger partial charge in [-0.1, -0.05) is 27.7 Å². The Morgan fingerprint density at radius 2 is 1.79 bits per heavy atom. The second kappa shape index (κ2) is 5.81. The molecule has 3 nitrogen and oxygen atoms in total. The highest BCUT2D eigenvalue weighted by Gasteiger charge is 2.12. The van der Waals surface area contributed by atoms with Crippen LogP contribution in [0.4, 0.5) is 0 Å². The summed E-state index contributed by atoms with van der Waals surface area (Å²) < 4.78 is 4.99. The van der Waals surface area contributed by atoms with E-state index in [0.29, 0.717) is 5.76 Å². The van der Waals surface area contributed by atoms with Crippen LogP contribution in [0.2, 0.25) is 0 Å². The Morgan fingerprint density at radius 1 is 1.29 bits per heavy atom. The number of hydrogen-bond donors (Lipinski definition) is 1. The van der Waals surface area contributed by atoms with E-state index in [0.717, 1.165) is 0 Å². The second-order valence-electron chi connectivity index (χ2n) is 4.05. The predicted molar refractivity (Wildman–Crippen MR) is 55.5 cm³/mol. The highest BCUT2D eigenvalue weighted by molar-refractivity contribution is 5.67. The van der Waals surface area contributed by atoms with Gasteiger partial charge in [0.15, 0.2) is 0 Å². The van der Waals surface area contributed by atoms with Crippen molar-refractivity contribution in [1.29, 1.82) is 0 Å². The quantitative estimate of drug-likeness (QED) is 0.558. The minimum absolute atomic E-state index is 0.104. The van der Waals surface area contributed by atoms with Crippen molar-refractivity contribution >= 4 is 5.97 Å². The summed E-state index contributed by atoms with van der Waals surface area (Å²) in [5.74, 6) is 0.422. The Hall–Kier alpha value is -0.830. The molecule has 3 heteroatoms. The van der Waals surface area contributed by atoms with E-state index in [9.17, 15) is 9.90 Å². The highest BCUT2D eigenvalue weighted by Crippen LogP contribution is 2.15. The minimum atomic E-state index is -0.563. The molecule has 0 spiro atoms. The Bertz CT molecular complexity index is 217. The fourth-order valence-corrected chi connectivity index (χ4v) is 0.871. The van der Waals surface area contributed by atoms with Crippen LogP contribution in [0, 0.1) is 11.8 Å². The van der Waals surface area contributed by atoms with Crippen molar-refractivity contribution < 1.29 is 14.6 Å². The molecular formula is C11H20O3. The summed E-state index contributed by atoms with van der Waals surface area (Å²) in [5.41, 5.74) is 0. The molecule has 0 bridgehead atoms. The summed E-state index contributed by atoms with van der Waals surface area (Å²) in [5, 5.41) is 9.59. The molecule has 14 heavy (non-hydrogen) atoms. The Kier molecular flexibility index (Phi) is 5.46. The van der Waals surface area contributed by atoms with Crippen LogP contribution >= 0.6 is 0 Å². The average molecular weight is 200 g/mol. The lowest BCUT2D eigenvalue weighted by atomic mass is 10.0. The van der Waals surface area contributed by atoms with Crippen LogP contribution in [0.1, 0.15) is 34.6 Å². The van der Waals surface area contributed by atoms with Gasteiger partial charge in [-0.05, 0) is 12.0 Å². The number of aliphatic hydroxyl groups excluding tert-OH is 1. The number of rotatable bonds is 4. The van der Waals surface area contributed by atoms with E-state index >= 15 is 0 Å². The van der Waals surface area contributed by atoms with Crippen molar-refractivity contribution in [2.24, 2.45) is 11.8 Å². The average Bonchev–Trinajstić information content (AvgIpc) is 2.01. The predicted octanol–water partition coefficient (Wildman–Crippen LogP) is 2.11. The molecule has 0 heterocycles. The van der Waals surface area contributed by atoms with Gasteiger partial charge in [-0.2, -0.15) is 0 Å². The maximum absolute atomic E-state index is 10.8. The van der Waals surface area contributed by atoms with Crippen LogP contribution in [0.3, 0.4) is 0 Å². The van der Waals surface area contributed by atoms with E-state index in [-0.39, 0.29) is 17.8 Å². The second-order valence-corrected chi connectivity index (χ2v) is 4.05. The minimum Gasteiger partial charge on any atom is -0.431 e. The SMILES string of the molecule is CC(=O)O/C(=C/C(O)C(C)C)C(C)C. The zero-order valence-electron chi connectivity index (χ0n) is 9.57. The van der Waals surface area contributed by atoms with E-state index in [1.165, 1.54) is 6.92 Å². The van der Waals surface area contributed by atoms with E-state index in [1.807, 2.05) is 27.7 Å². The van der Waals surface area contributed by atoms with Crippen LogP contribution in [-0.4, -0.2) is 17.2 Å². The molecular weight excluding hydrogens is 180 g/mol. The van der Waals surface area contributed by atoms with Gasteiger partial charge < -0.3 is 9.84 Å². The number of esters is 1. The van der Waals surface area contributed by atoms with E-state index in [1.54, 1.807) is 6.08 Å². The van der Waals surface area contributed by atoms with Gasteiger partial charge in [-0.25, -0.2) is 0 Å². The third-order valence-electron chi connectivity index (χ3n) is 1.85. The zero-order chi connectivity index (χ0) is 11.3. The number of carbonyl (C=O) groups is 1. The van der Waals surface area contributed by atoms with Gasteiger partial charge in [0, 0.05) is 12.8 Å². The topological polar surface area (TPSA) is 46.5 Å².